The lowest BCUT2D eigenvalue weighted by Crippen LogP contribution is -2.25. The zero-order valence-electron chi connectivity index (χ0n) is 13.2. The van der Waals surface area contributed by atoms with Crippen LogP contribution in [0, 0.1) is 13.8 Å². The number of rotatable bonds is 6. The van der Waals surface area contributed by atoms with E-state index in [1.807, 2.05) is 19.2 Å². The fourth-order valence-electron chi connectivity index (χ4n) is 2.29. The van der Waals surface area contributed by atoms with Gasteiger partial charge in [-0.2, -0.15) is 0 Å². The number of hydrogen-bond acceptors (Lipinski definition) is 4. The highest BCUT2D eigenvalue weighted by atomic mass is 16.5. The molecule has 0 aliphatic rings. The summed E-state index contributed by atoms with van der Waals surface area (Å²) < 4.78 is 5.52. The van der Waals surface area contributed by atoms with Gasteiger partial charge in [-0.3, -0.25) is 9.97 Å². The van der Waals surface area contributed by atoms with Gasteiger partial charge < -0.3 is 10.1 Å². The average molecular weight is 285 g/mol. The molecule has 1 aromatic carbocycles. The Balaban J connectivity index is 2.44. The van der Waals surface area contributed by atoms with Gasteiger partial charge in [0.2, 0.25) is 0 Å². The van der Waals surface area contributed by atoms with E-state index < -0.39 is 0 Å². The van der Waals surface area contributed by atoms with Gasteiger partial charge in [-0.25, -0.2) is 0 Å². The second-order valence-electron chi connectivity index (χ2n) is 5.22. The van der Waals surface area contributed by atoms with Crippen LogP contribution in [0.5, 0.6) is 5.75 Å². The van der Waals surface area contributed by atoms with E-state index in [9.17, 15) is 0 Å². The monoisotopic (exact) mass is 285 g/mol. The topological polar surface area (TPSA) is 47.0 Å². The van der Waals surface area contributed by atoms with E-state index in [1.165, 1.54) is 5.56 Å². The van der Waals surface area contributed by atoms with Gasteiger partial charge in [-0.15, -0.1) is 0 Å². The smallest absolute Gasteiger partial charge is 0.124 e. The van der Waals surface area contributed by atoms with Crippen LogP contribution in [0.3, 0.4) is 0 Å². The molecule has 0 amide bonds. The number of aryl methyl sites for hydroxylation is 2. The van der Waals surface area contributed by atoms with Crippen LogP contribution in [0.25, 0.3) is 0 Å². The maximum atomic E-state index is 5.52. The predicted molar refractivity (Wildman–Crippen MR) is 84.6 cm³/mol. The molecule has 0 spiro atoms. The Labute approximate surface area is 126 Å². The number of nitrogens with one attached hydrogen (secondary N) is 1. The second kappa shape index (κ2) is 7.18. The maximum absolute atomic E-state index is 5.52. The lowest BCUT2D eigenvalue weighted by Gasteiger charge is -2.21. The molecule has 0 radical (unpaired) electrons. The lowest BCUT2D eigenvalue weighted by molar-refractivity contribution is 0.403. The first kappa shape index (κ1) is 15.4. The van der Waals surface area contributed by atoms with Crippen molar-refractivity contribution >= 4 is 0 Å². The third-order valence-electron chi connectivity index (χ3n) is 3.39. The summed E-state index contributed by atoms with van der Waals surface area (Å²) in [6, 6.07) is 6.20. The van der Waals surface area contributed by atoms with Gasteiger partial charge in [0.05, 0.1) is 30.7 Å². The Morgan fingerprint density at radius 2 is 2.00 bits per heavy atom. The molecule has 1 atom stereocenters. The van der Waals surface area contributed by atoms with E-state index in [0.29, 0.717) is 0 Å². The molecule has 0 aliphatic heterocycles. The summed E-state index contributed by atoms with van der Waals surface area (Å²) in [6.45, 7) is 7.09. The van der Waals surface area contributed by atoms with Crippen molar-refractivity contribution in [2.45, 2.75) is 33.2 Å². The Morgan fingerprint density at radius 3 is 2.62 bits per heavy atom. The van der Waals surface area contributed by atoms with E-state index in [2.05, 4.69) is 41.3 Å². The van der Waals surface area contributed by atoms with E-state index >= 15 is 0 Å². The molecule has 1 aromatic heterocycles. The number of methoxy groups -OCH3 is 1. The minimum absolute atomic E-state index is 0.00657. The third kappa shape index (κ3) is 3.79. The molecule has 1 heterocycles. The number of benzene rings is 1. The normalized spacial score (nSPS) is 12.2. The van der Waals surface area contributed by atoms with Crippen molar-refractivity contribution in [2.24, 2.45) is 0 Å². The Hall–Kier alpha value is -1.94. The molecule has 0 bridgehead atoms. The molecule has 21 heavy (non-hydrogen) atoms. The van der Waals surface area contributed by atoms with Crippen molar-refractivity contribution in [2.75, 3.05) is 13.7 Å². The van der Waals surface area contributed by atoms with E-state index in [0.717, 1.165) is 35.7 Å². The molecule has 4 heteroatoms. The van der Waals surface area contributed by atoms with Gasteiger partial charge in [0.25, 0.3) is 0 Å². The van der Waals surface area contributed by atoms with Crippen LogP contribution in [0.1, 0.15) is 41.9 Å². The van der Waals surface area contributed by atoms with E-state index in [4.69, 9.17) is 4.74 Å². The van der Waals surface area contributed by atoms with Crippen LogP contribution in [-0.4, -0.2) is 23.6 Å². The summed E-state index contributed by atoms with van der Waals surface area (Å²) in [4.78, 5) is 8.90. The van der Waals surface area contributed by atoms with Crippen molar-refractivity contribution in [3.63, 3.8) is 0 Å². The highest BCUT2D eigenvalue weighted by molar-refractivity contribution is 5.42. The minimum atomic E-state index is -0.00657. The van der Waals surface area contributed by atoms with Gasteiger partial charge in [-0.1, -0.05) is 24.6 Å². The Morgan fingerprint density at radius 1 is 1.19 bits per heavy atom. The van der Waals surface area contributed by atoms with Gasteiger partial charge in [0, 0.05) is 11.8 Å². The van der Waals surface area contributed by atoms with Gasteiger partial charge >= 0.3 is 0 Å². The van der Waals surface area contributed by atoms with Gasteiger partial charge in [0.1, 0.15) is 5.75 Å². The molecule has 1 unspecified atom stereocenters. The fraction of sp³-hybridized carbons (Fsp3) is 0.412. The quantitative estimate of drug-likeness (QED) is 0.885. The van der Waals surface area contributed by atoms with Crippen LogP contribution in [0.2, 0.25) is 0 Å². The highest BCUT2D eigenvalue weighted by Gasteiger charge is 2.19. The summed E-state index contributed by atoms with van der Waals surface area (Å²) >= 11 is 0. The van der Waals surface area contributed by atoms with Crippen LogP contribution in [0.4, 0.5) is 0 Å². The first-order valence-corrected chi connectivity index (χ1v) is 7.32. The van der Waals surface area contributed by atoms with Crippen molar-refractivity contribution in [3.8, 4) is 5.75 Å². The lowest BCUT2D eigenvalue weighted by atomic mass is 10.00. The van der Waals surface area contributed by atoms with Crippen LogP contribution >= 0.6 is 0 Å². The van der Waals surface area contributed by atoms with Gasteiger partial charge in [-0.05, 0) is 32.9 Å². The molecule has 1 N–H and O–H groups in total. The van der Waals surface area contributed by atoms with Crippen molar-refractivity contribution in [1.29, 1.82) is 0 Å². The standard InChI is InChI=1S/C17H23N3O/c1-5-8-18-17(15-11-19-13(3)10-20-15)14-9-12(2)6-7-16(14)21-4/h6-7,9-11,17-18H,5,8H2,1-4H3. The molecule has 2 rings (SSSR count). The van der Waals surface area contributed by atoms with Crippen molar-refractivity contribution in [3.05, 3.63) is 53.1 Å². The number of nitrogens with zero attached hydrogens (tertiary/aromatic N) is 2. The fourth-order valence-corrected chi connectivity index (χ4v) is 2.29. The van der Waals surface area contributed by atoms with E-state index in [1.54, 1.807) is 13.3 Å². The molecular formula is C17H23N3O. The Bertz CT molecular complexity index is 581. The third-order valence-corrected chi connectivity index (χ3v) is 3.39. The molecular weight excluding hydrogens is 262 g/mol. The average Bonchev–Trinajstić information content (AvgIpc) is 2.49. The maximum Gasteiger partial charge on any atom is 0.124 e. The first-order chi connectivity index (χ1) is 10.2. The summed E-state index contributed by atoms with van der Waals surface area (Å²) in [5, 5.41) is 3.54. The summed E-state index contributed by atoms with van der Waals surface area (Å²) in [7, 11) is 1.70. The van der Waals surface area contributed by atoms with Gasteiger partial charge in [0.15, 0.2) is 0 Å². The summed E-state index contributed by atoms with van der Waals surface area (Å²) in [6.07, 6.45) is 4.70. The molecule has 112 valence electrons. The van der Waals surface area contributed by atoms with Crippen LogP contribution in [-0.2, 0) is 0 Å². The first-order valence-electron chi connectivity index (χ1n) is 7.32. The zero-order valence-corrected chi connectivity index (χ0v) is 13.2. The molecule has 0 aliphatic carbocycles. The number of aromatic nitrogens is 2. The number of hydrogen-bond donors (Lipinski definition) is 1. The highest BCUT2D eigenvalue weighted by Crippen LogP contribution is 2.29. The second-order valence-corrected chi connectivity index (χ2v) is 5.22. The molecule has 0 saturated heterocycles. The van der Waals surface area contributed by atoms with Crippen molar-refractivity contribution in [1.82, 2.24) is 15.3 Å². The minimum Gasteiger partial charge on any atom is -0.496 e. The van der Waals surface area contributed by atoms with Crippen LogP contribution < -0.4 is 10.1 Å². The summed E-state index contributed by atoms with van der Waals surface area (Å²) in [5.41, 5.74) is 4.14. The van der Waals surface area contributed by atoms with Crippen molar-refractivity contribution < 1.29 is 4.74 Å². The Kier molecular flexibility index (Phi) is 5.28. The SMILES string of the molecule is CCCNC(c1cnc(C)cn1)c1cc(C)ccc1OC. The largest absolute Gasteiger partial charge is 0.496 e. The molecule has 4 nitrogen and oxygen atoms in total. The molecule has 0 saturated carbocycles. The molecule has 2 aromatic rings. The molecule has 0 fully saturated rings. The summed E-state index contributed by atoms with van der Waals surface area (Å²) in [5.74, 6) is 0.872. The zero-order chi connectivity index (χ0) is 15.2. The van der Waals surface area contributed by atoms with Crippen LogP contribution in [0.15, 0.2) is 30.6 Å². The van der Waals surface area contributed by atoms with E-state index in [-0.39, 0.29) is 6.04 Å². The predicted octanol–water partition coefficient (Wildman–Crippen LogP) is 3.19. The number of ether oxygens (including phenoxy) is 1.